The molecule has 2 amide bonds. The van der Waals surface area contributed by atoms with E-state index in [1.807, 2.05) is 12.1 Å². The van der Waals surface area contributed by atoms with Gasteiger partial charge in [-0.1, -0.05) is 19.9 Å². The van der Waals surface area contributed by atoms with Crippen LogP contribution in [0.3, 0.4) is 0 Å². The van der Waals surface area contributed by atoms with Gasteiger partial charge in [-0.05, 0) is 60.9 Å². The van der Waals surface area contributed by atoms with Crippen LogP contribution in [-0.2, 0) is 0 Å². The normalized spacial score (nSPS) is 10.5. The maximum atomic E-state index is 12.3. The number of carbonyl (C=O) groups is 2. The van der Waals surface area contributed by atoms with Crippen LogP contribution in [0.4, 0.5) is 17.3 Å². The van der Waals surface area contributed by atoms with E-state index in [2.05, 4.69) is 39.8 Å². The van der Waals surface area contributed by atoms with Crippen LogP contribution < -0.4 is 16.0 Å². The third-order valence-corrected chi connectivity index (χ3v) is 4.36. The highest BCUT2D eigenvalue weighted by Gasteiger charge is 2.09. The summed E-state index contributed by atoms with van der Waals surface area (Å²) in [6.07, 6.45) is 4.07. The molecule has 0 aliphatic carbocycles. The van der Waals surface area contributed by atoms with Crippen LogP contribution >= 0.6 is 0 Å². The number of benzene rings is 2. The Bertz CT molecular complexity index is 988. The lowest BCUT2D eigenvalue weighted by Crippen LogP contribution is -2.25. The quantitative estimate of drug-likeness (QED) is 0.523. The first-order valence-corrected chi connectivity index (χ1v) is 9.85. The van der Waals surface area contributed by atoms with Crippen LogP contribution in [0, 0.1) is 5.92 Å². The van der Waals surface area contributed by atoms with E-state index in [-0.39, 0.29) is 17.8 Å². The van der Waals surface area contributed by atoms with Crippen LogP contribution in [0.15, 0.2) is 67.0 Å². The van der Waals surface area contributed by atoms with Gasteiger partial charge < -0.3 is 10.6 Å². The second kappa shape index (κ2) is 10.2. The zero-order valence-corrected chi connectivity index (χ0v) is 17.1. The molecule has 3 aromatic rings. The highest BCUT2D eigenvalue weighted by atomic mass is 16.2. The van der Waals surface area contributed by atoms with Gasteiger partial charge in [0.25, 0.3) is 11.8 Å². The molecule has 0 atom stereocenters. The molecule has 0 bridgehead atoms. The lowest BCUT2D eigenvalue weighted by molar-refractivity contribution is 0.0951. The molecule has 0 fully saturated rings. The molecule has 3 N–H and O–H groups in total. The van der Waals surface area contributed by atoms with Crippen LogP contribution in [0.1, 0.15) is 41.0 Å². The minimum atomic E-state index is -0.284. The summed E-state index contributed by atoms with van der Waals surface area (Å²) < 4.78 is 0. The number of aromatic nitrogens is 2. The molecule has 30 heavy (non-hydrogen) atoms. The molecule has 154 valence electrons. The Morgan fingerprint density at radius 2 is 1.60 bits per heavy atom. The second-order valence-electron chi connectivity index (χ2n) is 7.25. The molecule has 0 saturated heterocycles. The van der Waals surface area contributed by atoms with Crippen molar-refractivity contribution >= 4 is 29.1 Å². The molecule has 0 unspecified atom stereocenters. The molecule has 0 saturated carbocycles. The van der Waals surface area contributed by atoms with Gasteiger partial charge in [0, 0.05) is 41.4 Å². The van der Waals surface area contributed by atoms with E-state index in [0.29, 0.717) is 23.6 Å². The largest absolute Gasteiger partial charge is 0.356 e. The van der Waals surface area contributed by atoms with Gasteiger partial charge in [0.1, 0.15) is 0 Å². The van der Waals surface area contributed by atoms with Gasteiger partial charge in [-0.25, -0.2) is 9.97 Å². The number of nitrogens with one attached hydrogen (secondary N) is 3. The van der Waals surface area contributed by atoms with Gasteiger partial charge in [0.15, 0.2) is 0 Å². The summed E-state index contributed by atoms with van der Waals surface area (Å²) in [6.45, 7) is 4.91. The van der Waals surface area contributed by atoms with E-state index in [1.165, 1.54) is 0 Å². The first-order chi connectivity index (χ1) is 14.5. The number of carbonyl (C=O) groups excluding carboxylic acids is 2. The minimum Gasteiger partial charge on any atom is -0.356 e. The summed E-state index contributed by atoms with van der Waals surface area (Å²) in [5.41, 5.74) is 2.69. The third-order valence-electron chi connectivity index (χ3n) is 4.36. The van der Waals surface area contributed by atoms with Crippen molar-refractivity contribution in [1.29, 1.82) is 0 Å². The molecular formula is C23H25N5O2. The second-order valence-corrected chi connectivity index (χ2v) is 7.25. The summed E-state index contributed by atoms with van der Waals surface area (Å²) >= 11 is 0. The fourth-order valence-electron chi connectivity index (χ4n) is 2.72. The fraction of sp³-hybridized carbons (Fsp3) is 0.217. The predicted octanol–water partition coefficient (Wildman–Crippen LogP) is 4.25. The molecule has 0 aliphatic rings. The van der Waals surface area contributed by atoms with Crippen LogP contribution in [0.5, 0.6) is 0 Å². The van der Waals surface area contributed by atoms with Crippen molar-refractivity contribution in [2.45, 2.75) is 20.3 Å². The summed E-state index contributed by atoms with van der Waals surface area (Å²) in [5, 5.41) is 8.84. The number of hydrogen-bond acceptors (Lipinski definition) is 5. The van der Waals surface area contributed by atoms with E-state index in [0.717, 1.165) is 17.8 Å². The number of anilines is 3. The lowest BCUT2D eigenvalue weighted by atomic mass is 10.1. The van der Waals surface area contributed by atoms with Crippen LogP contribution in [0.25, 0.3) is 0 Å². The number of amides is 2. The Morgan fingerprint density at radius 3 is 2.30 bits per heavy atom. The number of nitrogens with zero attached hydrogens (tertiary/aromatic N) is 2. The zero-order valence-electron chi connectivity index (χ0n) is 17.1. The third kappa shape index (κ3) is 6.13. The Hall–Kier alpha value is -3.74. The SMILES string of the molecule is CC(C)CCNC(=O)c1cccc(Nc2ccc(C(=O)Nc3ncccn3)cc2)c1. The summed E-state index contributed by atoms with van der Waals surface area (Å²) in [5.74, 6) is 0.430. The lowest BCUT2D eigenvalue weighted by Gasteiger charge is -2.10. The molecule has 7 nitrogen and oxygen atoms in total. The van der Waals surface area contributed by atoms with Gasteiger partial charge >= 0.3 is 0 Å². The van der Waals surface area contributed by atoms with Crippen molar-refractivity contribution in [3.05, 3.63) is 78.1 Å². The summed E-state index contributed by atoms with van der Waals surface area (Å²) in [6, 6.07) is 16.0. The Morgan fingerprint density at radius 1 is 0.867 bits per heavy atom. The van der Waals surface area contributed by atoms with Crippen molar-refractivity contribution < 1.29 is 9.59 Å². The molecule has 0 radical (unpaired) electrons. The maximum absolute atomic E-state index is 12.3. The van der Waals surface area contributed by atoms with Gasteiger partial charge in [-0.15, -0.1) is 0 Å². The van der Waals surface area contributed by atoms with E-state index < -0.39 is 0 Å². The van der Waals surface area contributed by atoms with E-state index >= 15 is 0 Å². The molecule has 0 aliphatic heterocycles. The van der Waals surface area contributed by atoms with Gasteiger partial charge in [0.05, 0.1) is 0 Å². The maximum Gasteiger partial charge on any atom is 0.258 e. The van der Waals surface area contributed by atoms with Crippen molar-refractivity contribution in [2.75, 3.05) is 17.2 Å². The summed E-state index contributed by atoms with van der Waals surface area (Å²) in [4.78, 5) is 32.5. The van der Waals surface area contributed by atoms with Crippen LogP contribution in [0.2, 0.25) is 0 Å². The van der Waals surface area contributed by atoms with E-state index in [1.54, 1.807) is 54.9 Å². The predicted molar refractivity (Wildman–Crippen MR) is 118 cm³/mol. The Balaban J connectivity index is 1.60. The van der Waals surface area contributed by atoms with Crippen molar-refractivity contribution in [2.24, 2.45) is 5.92 Å². The first-order valence-electron chi connectivity index (χ1n) is 9.85. The Kier molecular flexibility index (Phi) is 7.10. The zero-order chi connectivity index (χ0) is 21.3. The molecule has 1 heterocycles. The Labute approximate surface area is 176 Å². The molecule has 3 rings (SSSR count). The molecular weight excluding hydrogens is 378 g/mol. The highest BCUT2D eigenvalue weighted by Crippen LogP contribution is 2.19. The fourth-order valence-corrected chi connectivity index (χ4v) is 2.72. The van der Waals surface area contributed by atoms with Crippen LogP contribution in [-0.4, -0.2) is 28.3 Å². The van der Waals surface area contributed by atoms with Crippen molar-refractivity contribution in [1.82, 2.24) is 15.3 Å². The first kappa shape index (κ1) is 21.0. The van der Waals surface area contributed by atoms with E-state index in [4.69, 9.17) is 0 Å². The average molecular weight is 403 g/mol. The van der Waals surface area contributed by atoms with Crippen molar-refractivity contribution in [3.8, 4) is 0 Å². The topological polar surface area (TPSA) is 96.0 Å². The molecule has 2 aromatic carbocycles. The van der Waals surface area contributed by atoms with Gasteiger partial charge in [-0.3, -0.25) is 14.9 Å². The minimum absolute atomic E-state index is 0.0885. The molecule has 1 aromatic heterocycles. The number of hydrogen-bond donors (Lipinski definition) is 3. The van der Waals surface area contributed by atoms with Crippen molar-refractivity contribution in [3.63, 3.8) is 0 Å². The smallest absolute Gasteiger partial charge is 0.258 e. The standard InChI is InChI=1S/C23H25N5O2/c1-16(2)11-14-24-21(29)18-5-3-6-20(15-18)27-19-9-7-17(8-10-19)22(30)28-23-25-12-4-13-26-23/h3-10,12-13,15-16,27H,11,14H2,1-2H3,(H,24,29)(H,25,26,28,30). The summed E-state index contributed by atoms with van der Waals surface area (Å²) in [7, 11) is 0. The molecule has 7 heteroatoms. The number of rotatable bonds is 8. The highest BCUT2D eigenvalue weighted by molar-refractivity contribution is 6.03. The van der Waals surface area contributed by atoms with Gasteiger partial charge in [-0.2, -0.15) is 0 Å². The van der Waals surface area contributed by atoms with E-state index in [9.17, 15) is 9.59 Å². The average Bonchev–Trinajstić information content (AvgIpc) is 2.75. The van der Waals surface area contributed by atoms with Gasteiger partial charge in [0.2, 0.25) is 5.95 Å². The monoisotopic (exact) mass is 403 g/mol. The molecule has 0 spiro atoms.